The van der Waals surface area contributed by atoms with E-state index in [1.165, 1.54) is 11.3 Å². The van der Waals surface area contributed by atoms with Gasteiger partial charge in [-0.3, -0.25) is 0 Å². The lowest BCUT2D eigenvalue weighted by atomic mass is 9.84. The van der Waals surface area contributed by atoms with E-state index in [4.69, 9.17) is 2.74 Å². The third-order valence-electron chi connectivity index (χ3n) is 4.75. The lowest BCUT2D eigenvalue weighted by Gasteiger charge is -2.28. The van der Waals surface area contributed by atoms with Crippen molar-refractivity contribution in [1.82, 2.24) is 0 Å². The Morgan fingerprint density at radius 2 is 1.70 bits per heavy atom. The number of rotatable bonds is 4. The molecule has 0 aliphatic heterocycles. The van der Waals surface area contributed by atoms with E-state index in [9.17, 15) is 17.6 Å². The van der Waals surface area contributed by atoms with Crippen LogP contribution in [0.3, 0.4) is 0 Å². The largest absolute Gasteiger partial charge is 0.394 e. The Kier molecular flexibility index (Phi) is 4.87. The van der Waals surface area contributed by atoms with Gasteiger partial charge in [-0.25, -0.2) is 8.96 Å². The Morgan fingerprint density at radius 1 is 1.11 bits per heavy atom. The maximum Gasteiger partial charge on any atom is 0.394 e. The highest BCUT2D eigenvalue weighted by atomic mass is 28.3. The maximum absolute atomic E-state index is 14.9. The van der Waals surface area contributed by atoms with Gasteiger partial charge in [-0.1, -0.05) is 45.6 Å². The molecule has 0 saturated heterocycles. The second kappa shape index (κ2) is 7.04. The predicted molar refractivity (Wildman–Crippen MR) is 104 cm³/mol. The normalized spacial score (nSPS) is 14.8. The number of pyridine rings is 1. The average molecular weight is 401 g/mol. The lowest BCUT2D eigenvalue weighted by Crippen LogP contribution is -2.45. The number of nitrogens with zero attached hydrogens (tertiary/aromatic N) is 1. The molecule has 0 spiro atoms. The molecule has 0 atom stereocenters. The second-order valence-corrected chi connectivity index (χ2v) is 13.6. The standard InChI is InChI=1S/C21H28F4NSi/c1-14-10-15(12-20(2,3)21(23,24)25)18(22)11-17(14)19-9-8-16(13-26(19)4)27(5,6)7/h8-11,13H,12H2,1-7H3/q+1/i12D2. The van der Waals surface area contributed by atoms with Crippen LogP contribution in [0.15, 0.2) is 30.5 Å². The Bertz CT molecular complexity index is 931. The molecule has 0 bridgehead atoms. The van der Waals surface area contributed by atoms with Crippen LogP contribution in [0.25, 0.3) is 11.3 Å². The zero-order valence-corrected chi connectivity index (χ0v) is 17.8. The van der Waals surface area contributed by atoms with Gasteiger partial charge in [0.25, 0.3) is 0 Å². The van der Waals surface area contributed by atoms with Gasteiger partial charge in [0, 0.05) is 14.0 Å². The Balaban J connectivity index is 2.61. The summed E-state index contributed by atoms with van der Waals surface area (Å²) in [7, 11) is 0.307. The van der Waals surface area contributed by atoms with Crippen molar-refractivity contribution >= 4 is 13.3 Å². The molecule has 1 aromatic carbocycles. The van der Waals surface area contributed by atoms with Gasteiger partial charge in [0.05, 0.1) is 19.1 Å². The molecule has 0 amide bonds. The first-order valence-electron chi connectivity index (χ1n) is 9.79. The number of alkyl halides is 3. The van der Waals surface area contributed by atoms with Crippen molar-refractivity contribution in [1.29, 1.82) is 0 Å². The lowest BCUT2D eigenvalue weighted by molar-refractivity contribution is -0.659. The quantitative estimate of drug-likeness (QED) is 0.372. The van der Waals surface area contributed by atoms with Gasteiger partial charge in [-0.15, -0.1) is 0 Å². The fraction of sp³-hybridized carbons (Fsp3) is 0.476. The van der Waals surface area contributed by atoms with Crippen LogP contribution in [0.5, 0.6) is 0 Å². The molecule has 0 unspecified atom stereocenters. The van der Waals surface area contributed by atoms with E-state index in [2.05, 4.69) is 19.6 Å². The Morgan fingerprint density at radius 3 is 2.19 bits per heavy atom. The molecule has 6 heteroatoms. The highest BCUT2D eigenvalue weighted by molar-refractivity contribution is 6.88. The number of halogens is 4. The zero-order chi connectivity index (χ0) is 22.6. The first-order chi connectivity index (χ1) is 12.9. The van der Waals surface area contributed by atoms with Crippen molar-refractivity contribution in [3.05, 3.63) is 47.4 Å². The molecule has 0 saturated carbocycles. The van der Waals surface area contributed by atoms with Crippen LogP contribution in [0.1, 0.15) is 27.7 Å². The molecule has 0 N–H and O–H groups in total. The molecule has 1 nitrogen and oxygen atoms in total. The van der Waals surface area contributed by atoms with E-state index in [0.29, 0.717) is 16.8 Å². The van der Waals surface area contributed by atoms with Gasteiger partial charge in [-0.2, -0.15) is 13.2 Å². The molecular formula is C21H28F4NSi+. The monoisotopic (exact) mass is 400 g/mol. The molecule has 2 rings (SSSR count). The summed E-state index contributed by atoms with van der Waals surface area (Å²) in [5.74, 6) is -0.984. The topological polar surface area (TPSA) is 3.88 Å². The van der Waals surface area contributed by atoms with Gasteiger partial charge in [0.2, 0.25) is 5.69 Å². The number of benzene rings is 1. The summed E-state index contributed by atoms with van der Waals surface area (Å²) in [4.78, 5) is 0. The molecule has 0 aliphatic rings. The minimum atomic E-state index is -4.82. The highest BCUT2D eigenvalue weighted by Gasteiger charge is 2.47. The highest BCUT2D eigenvalue weighted by Crippen LogP contribution is 2.41. The molecule has 1 heterocycles. The van der Waals surface area contributed by atoms with Crippen LogP contribution in [-0.4, -0.2) is 14.3 Å². The smallest absolute Gasteiger partial charge is 0.207 e. The summed E-state index contributed by atoms with van der Waals surface area (Å²) in [6, 6.07) is 6.21. The number of hydrogen-bond donors (Lipinski definition) is 0. The third kappa shape index (κ3) is 4.59. The van der Waals surface area contributed by atoms with E-state index in [1.54, 1.807) is 6.92 Å². The third-order valence-corrected chi connectivity index (χ3v) is 6.77. The Hall–Kier alpha value is -1.69. The van der Waals surface area contributed by atoms with Crippen LogP contribution in [0.4, 0.5) is 17.6 Å². The van der Waals surface area contributed by atoms with Crippen molar-refractivity contribution in [3.8, 4) is 11.3 Å². The Labute approximate surface area is 162 Å². The molecular weight excluding hydrogens is 370 g/mol. The number of aryl methyl sites for hydroxylation is 2. The molecule has 0 fully saturated rings. The SMILES string of the molecule is [2H]C([2H])(c1cc(C)c(-c2ccc([Si](C)(C)C)c[n+]2C)cc1F)C(C)(C)C(F)(F)F. The summed E-state index contributed by atoms with van der Waals surface area (Å²) < 4.78 is 73.2. The van der Waals surface area contributed by atoms with Crippen molar-refractivity contribution < 1.29 is 24.9 Å². The first kappa shape index (κ1) is 18.7. The summed E-state index contributed by atoms with van der Waals surface area (Å²) in [6.45, 7) is 9.81. The predicted octanol–water partition coefficient (Wildman–Crippen LogP) is 5.30. The van der Waals surface area contributed by atoms with E-state index in [1.807, 2.05) is 29.9 Å². The fourth-order valence-corrected chi connectivity index (χ4v) is 3.96. The van der Waals surface area contributed by atoms with E-state index in [0.717, 1.165) is 19.9 Å². The van der Waals surface area contributed by atoms with E-state index >= 15 is 0 Å². The van der Waals surface area contributed by atoms with Crippen LogP contribution in [0, 0.1) is 18.2 Å². The van der Waals surface area contributed by atoms with Gasteiger partial charge in [0.1, 0.15) is 12.9 Å². The average Bonchev–Trinajstić information content (AvgIpc) is 2.54. The van der Waals surface area contributed by atoms with Gasteiger partial charge in [-0.05, 0) is 30.5 Å². The van der Waals surface area contributed by atoms with Crippen LogP contribution < -0.4 is 9.75 Å². The van der Waals surface area contributed by atoms with Crippen molar-refractivity contribution in [2.24, 2.45) is 12.5 Å². The summed E-state index contributed by atoms with van der Waals surface area (Å²) >= 11 is 0. The summed E-state index contributed by atoms with van der Waals surface area (Å²) in [5.41, 5.74) is -1.58. The number of aromatic nitrogens is 1. The van der Waals surface area contributed by atoms with E-state index < -0.39 is 37.4 Å². The summed E-state index contributed by atoms with van der Waals surface area (Å²) in [6.07, 6.45) is -5.75. The minimum Gasteiger partial charge on any atom is -0.207 e. The van der Waals surface area contributed by atoms with E-state index in [-0.39, 0.29) is 0 Å². The first-order valence-corrected chi connectivity index (χ1v) is 12.3. The van der Waals surface area contributed by atoms with Crippen LogP contribution in [0.2, 0.25) is 19.6 Å². The van der Waals surface area contributed by atoms with Crippen molar-refractivity contribution in [3.63, 3.8) is 0 Å². The number of hydrogen-bond acceptors (Lipinski definition) is 0. The van der Waals surface area contributed by atoms with Gasteiger partial charge in [0.15, 0.2) is 6.20 Å². The second-order valence-electron chi connectivity index (χ2n) is 8.56. The zero-order valence-electron chi connectivity index (χ0n) is 18.8. The maximum atomic E-state index is 14.9. The fourth-order valence-electron chi connectivity index (χ4n) is 2.79. The molecule has 0 aliphatic carbocycles. The molecule has 148 valence electrons. The summed E-state index contributed by atoms with van der Waals surface area (Å²) in [5, 5.41) is 1.22. The molecule has 1 aromatic heterocycles. The minimum absolute atomic E-state index is 0.514. The van der Waals surface area contributed by atoms with Crippen molar-refractivity contribution in [2.75, 3.05) is 0 Å². The molecule has 27 heavy (non-hydrogen) atoms. The van der Waals surface area contributed by atoms with Crippen LogP contribution in [-0.2, 0) is 13.4 Å². The molecule has 0 radical (unpaired) electrons. The van der Waals surface area contributed by atoms with Crippen molar-refractivity contribution in [2.45, 2.75) is 53.0 Å². The molecule has 2 aromatic rings. The van der Waals surface area contributed by atoms with Gasteiger partial charge < -0.3 is 0 Å². The van der Waals surface area contributed by atoms with Crippen LogP contribution >= 0.6 is 0 Å². The van der Waals surface area contributed by atoms with Gasteiger partial charge >= 0.3 is 6.18 Å².